The zero-order valence-corrected chi connectivity index (χ0v) is 15.6. The first kappa shape index (κ1) is 18.8. The molecule has 0 radical (unpaired) electrons. The van der Waals surface area contributed by atoms with Crippen molar-refractivity contribution < 1.29 is 14.3 Å². The molecule has 2 atom stereocenters. The van der Waals surface area contributed by atoms with Crippen LogP contribution in [0.5, 0.6) is 0 Å². The van der Waals surface area contributed by atoms with E-state index in [1.807, 2.05) is 18.7 Å². The van der Waals surface area contributed by atoms with Gasteiger partial charge in [0.05, 0.1) is 5.25 Å². The molecular formula is C18H26N2O3S. The lowest BCUT2D eigenvalue weighted by Gasteiger charge is -2.28. The lowest BCUT2D eigenvalue weighted by atomic mass is 10.1. The molecule has 0 spiro atoms. The van der Waals surface area contributed by atoms with Crippen molar-refractivity contribution in [3.05, 3.63) is 35.4 Å². The van der Waals surface area contributed by atoms with Crippen molar-refractivity contribution in [3.8, 4) is 0 Å². The number of benzene rings is 1. The minimum Gasteiger partial charge on any atom is -0.375 e. The minimum atomic E-state index is -0.0546. The Morgan fingerprint density at radius 3 is 2.58 bits per heavy atom. The molecule has 132 valence electrons. The molecule has 1 aliphatic rings. The summed E-state index contributed by atoms with van der Waals surface area (Å²) in [4.78, 5) is 28.2. The van der Waals surface area contributed by atoms with Crippen LogP contribution >= 0.6 is 11.8 Å². The van der Waals surface area contributed by atoms with Gasteiger partial charge in [-0.2, -0.15) is 0 Å². The largest absolute Gasteiger partial charge is 0.375 e. The molecule has 24 heavy (non-hydrogen) atoms. The maximum absolute atomic E-state index is 12.5. The average Bonchev–Trinajstić information content (AvgIpc) is 2.84. The van der Waals surface area contributed by atoms with Crippen molar-refractivity contribution in [2.75, 3.05) is 33.4 Å². The van der Waals surface area contributed by atoms with Gasteiger partial charge >= 0.3 is 0 Å². The third-order valence-corrected chi connectivity index (χ3v) is 5.62. The van der Waals surface area contributed by atoms with Gasteiger partial charge in [0, 0.05) is 26.7 Å². The van der Waals surface area contributed by atoms with E-state index < -0.39 is 0 Å². The van der Waals surface area contributed by atoms with E-state index in [4.69, 9.17) is 4.74 Å². The molecule has 2 rings (SSSR count). The second-order valence-electron chi connectivity index (χ2n) is 5.98. The molecule has 0 N–H and O–H groups in total. The molecule has 1 saturated heterocycles. The summed E-state index contributed by atoms with van der Waals surface area (Å²) in [5.41, 5.74) is 2.34. The van der Waals surface area contributed by atoms with Crippen LogP contribution in [0.3, 0.4) is 0 Å². The fourth-order valence-corrected chi connectivity index (χ4v) is 4.10. The van der Waals surface area contributed by atoms with Crippen LogP contribution in [0.2, 0.25) is 0 Å². The Balaban J connectivity index is 2.08. The first-order valence-electron chi connectivity index (χ1n) is 8.27. The van der Waals surface area contributed by atoms with E-state index >= 15 is 0 Å². The van der Waals surface area contributed by atoms with Crippen molar-refractivity contribution in [2.45, 2.75) is 31.4 Å². The summed E-state index contributed by atoms with van der Waals surface area (Å²) in [6.07, 6.45) is 0. The molecule has 0 aromatic heterocycles. The molecule has 0 aliphatic carbocycles. The summed E-state index contributed by atoms with van der Waals surface area (Å²) in [6.45, 7) is 7.70. The molecular weight excluding hydrogens is 324 g/mol. The number of carbonyl (C=O) groups is 2. The van der Waals surface area contributed by atoms with Gasteiger partial charge in [-0.15, -0.1) is 11.8 Å². The zero-order valence-electron chi connectivity index (χ0n) is 14.8. The maximum atomic E-state index is 12.5. The third-order valence-electron chi connectivity index (χ3n) is 4.22. The number of methoxy groups -OCH3 is 1. The van der Waals surface area contributed by atoms with Crippen molar-refractivity contribution in [1.82, 2.24) is 9.80 Å². The third kappa shape index (κ3) is 4.30. The second-order valence-corrected chi connectivity index (χ2v) is 7.41. The van der Waals surface area contributed by atoms with Crippen LogP contribution < -0.4 is 0 Å². The smallest absolute Gasteiger partial charge is 0.248 e. The molecule has 1 heterocycles. The number of hydrogen-bond donors (Lipinski definition) is 0. The Kier molecular flexibility index (Phi) is 6.69. The van der Waals surface area contributed by atoms with Crippen LogP contribution in [-0.2, 0) is 14.3 Å². The number of aryl methyl sites for hydroxylation is 1. The van der Waals surface area contributed by atoms with E-state index in [2.05, 4.69) is 31.2 Å². The number of hydrogen-bond acceptors (Lipinski definition) is 4. The summed E-state index contributed by atoms with van der Waals surface area (Å²) in [7, 11) is 1.52. The maximum Gasteiger partial charge on any atom is 0.248 e. The molecule has 6 heteroatoms. The number of amides is 2. The van der Waals surface area contributed by atoms with Gasteiger partial charge in [-0.25, -0.2) is 0 Å². The second kappa shape index (κ2) is 8.53. The number of rotatable bonds is 7. The van der Waals surface area contributed by atoms with Gasteiger partial charge in [0.1, 0.15) is 12.0 Å². The highest BCUT2D eigenvalue weighted by Gasteiger charge is 2.38. The lowest BCUT2D eigenvalue weighted by molar-refractivity contribution is -0.137. The summed E-state index contributed by atoms with van der Waals surface area (Å²) in [5, 5.41) is -0.0367. The van der Waals surface area contributed by atoms with E-state index in [1.54, 1.807) is 16.7 Å². The van der Waals surface area contributed by atoms with Crippen molar-refractivity contribution >= 4 is 23.6 Å². The summed E-state index contributed by atoms with van der Waals surface area (Å²) >= 11 is 1.67. The fourth-order valence-electron chi connectivity index (χ4n) is 2.79. The quantitative estimate of drug-likeness (QED) is 0.758. The summed E-state index contributed by atoms with van der Waals surface area (Å²) in [6, 6.07) is 8.31. The van der Waals surface area contributed by atoms with E-state index in [-0.39, 0.29) is 29.0 Å². The SMILES string of the molecule is CCN(CCN1C(=O)[C@@H](C)S[C@@H]1c1ccc(C)cc1)C(=O)COC. The normalized spacial score (nSPS) is 20.5. The van der Waals surface area contributed by atoms with Crippen LogP contribution in [0.15, 0.2) is 24.3 Å². The Morgan fingerprint density at radius 1 is 1.33 bits per heavy atom. The van der Waals surface area contributed by atoms with Crippen LogP contribution in [-0.4, -0.2) is 60.2 Å². The predicted octanol–water partition coefficient (Wildman–Crippen LogP) is 2.45. The van der Waals surface area contributed by atoms with E-state index in [0.29, 0.717) is 19.6 Å². The van der Waals surface area contributed by atoms with Gasteiger partial charge in [-0.05, 0) is 26.3 Å². The van der Waals surface area contributed by atoms with Crippen LogP contribution in [0.1, 0.15) is 30.3 Å². The average molecular weight is 350 g/mol. The van der Waals surface area contributed by atoms with Gasteiger partial charge in [0.15, 0.2) is 0 Å². The van der Waals surface area contributed by atoms with Crippen molar-refractivity contribution in [1.29, 1.82) is 0 Å². The highest BCUT2D eigenvalue weighted by Crippen LogP contribution is 2.42. The molecule has 0 saturated carbocycles. The minimum absolute atomic E-state index is 0.0179. The molecule has 0 bridgehead atoms. The zero-order chi connectivity index (χ0) is 17.7. The highest BCUT2D eigenvalue weighted by molar-refractivity contribution is 8.01. The molecule has 1 aromatic rings. The fraction of sp³-hybridized carbons (Fsp3) is 0.556. The van der Waals surface area contributed by atoms with Gasteiger partial charge in [-0.1, -0.05) is 29.8 Å². The van der Waals surface area contributed by atoms with Crippen molar-refractivity contribution in [3.63, 3.8) is 0 Å². The molecule has 0 unspecified atom stereocenters. The van der Waals surface area contributed by atoms with E-state index in [1.165, 1.54) is 12.7 Å². The topological polar surface area (TPSA) is 49.9 Å². The number of ether oxygens (including phenoxy) is 1. The van der Waals surface area contributed by atoms with Crippen LogP contribution in [0.25, 0.3) is 0 Å². The monoisotopic (exact) mass is 350 g/mol. The Hall–Kier alpha value is -1.53. The standard InChI is InChI=1S/C18H26N2O3S/c1-5-19(16(21)12-23-4)10-11-20-17(22)14(3)24-18(20)15-8-6-13(2)7-9-15/h6-9,14,18H,5,10-12H2,1-4H3/t14-,18-/m1/s1. The van der Waals surface area contributed by atoms with E-state index in [9.17, 15) is 9.59 Å². The Bertz CT molecular complexity index is 576. The molecule has 1 aromatic carbocycles. The number of likely N-dealkylation sites (N-methyl/N-ethyl adjacent to an activating group) is 1. The molecule has 5 nitrogen and oxygen atoms in total. The molecule has 1 aliphatic heterocycles. The highest BCUT2D eigenvalue weighted by atomic mass is 32.2. The van der Waals surface area contributed by atoms with Gasteiger partial charge in [-0.3, -0.25) is 9.59 Å². The number of carbonyl (C=O) groups excluding carboxylic acids is 2. The Morgan fingerprint density at radius 2 is 2.00 bits per heavy atom. The van der Waals surface area contributed by atoms with Crippen LogP contribution in [0.4, 0.5) is 0 Å². The lowest BCUT2D eigenvalue weighted by Crippen LogP contribution is -2.41. The first-order chi connectivity index (χ1) is 11.5. The van der Waals surface area contributed by atoms with Gasteiger partial charge < -0.3 is 14.5 Å². The van der Waals surface area contributed by atoms with Crippen LogP contribution in [0, 0.1) is 6.92 Å². The number of thioether (sulfide) groups is 1. The molecule has 2 amide bonds. The summed E-state index contributed by atoms with van der Waals surface area (Å²) in [5.74, 6) is 0.0973. The summed E-state index contributed by atoms with van der Waals surface area (Å²) < 4.78 is 4.92. The first-order valence-corrected chi connectivity index (χ1v) is 9.21. The number of nitrogens with zero attached hydrogens (tertiary/aromatic N) is 2. The van der Waals surface area contributed by atoms with Gasteiger partial charge in [0.2, 0.25) is 11.8 Å². The molecule has 1 fully saturated rings. The Labute approximate surface area is 148 Å². The van der Waals surface area contributed by atoms with Crippen molar-refractivity contribution in [2.24, 2.45) is 0 Å². The van der Waals surface area contributed by atoms with E-state index in [0.717, 1.165) is 5.56 Å². The van der Waals surface area contributed by atoms with Gasteiger partial charge in [0.25, 0.3) is 0 Å². The predicted molar refractivity (Wildman–Crippen MR) is 96.8 cm³/mol.